The smallest absolute Gasteiger partial charge is 0.287 e. The van der Waals surface area contributed by atoms with Crippen LogP contribution in [0.1, 0.15) is 50.8 Å². The Bertz CT molecular complexity index is 829. The molecule has 0 spiro atoms. The van der Waals surface area contributed by atoms with E-state index in [0.717, 1.165) is 28.8 Å². The van der Waals surface area contributed by atoms with Gasteiger partial charge in [-0.3, -0.25) is 10.2 Å². The summed E-state index contributed by atoms with van der Waals surface area (Å²) in [5.74, 6) is -0.392. The lowest BCUT2D eigenvalue weighted by Crippen LogP contribution is -2.51. The van der Waals surface area contributed by atoms with E-state index in [-0.39, 0.29) is 12.0 Å². The highest BCUT2D eigenvalue weighted by atomic mass is 19.4. The van der Waals surface area contributed by atoms with Gasteiger partial charge in [-0.25, -0.2) is 0 Å². The van der Waals surface area contributed by atoms with Crippen LogP contribution >= 0.6 is 0 Å². The number of hydrogen-bond donors (Lipinski definition) is 1. The maximum Gasteiger partial charge on any atom is 0.409 e. The van der Waals surface area contributed by atoms with Crippen LogP contribution < -0.4 is 5.43 Å². The first kappa shape index (κ1) is 18.7. The van der Waals surface area contributed by atoms with E-state index in [9.17, 15) is 18.0 Å². The predicted octanol–water partition coefficient (Wildman–Crippen LogP) is 4.91. The van der Waals surface area contributed by atoms with Gasteiger partial charge >= 0.3 is 6.18 Å². The molecule has 0 aromatic heterocycles. The fourth-order valence-electron chi connectivity index (χ4n) is 3.80. The zero-order chi connectivity index (χ0) is 19.1. The Balaban J connectivity index is 2.20. The molecule has 0 radical (unpaired) electrons. The zero-order valence-corrected chi connectivity index (χ0v) is 15.2. The van der Waals surface area contributed by atoms with Gasteiger partial charge in [0, 0.05) is 12.0 Å². The maximum absolute atomic E-state index is 14.1. The molecule has 1 fully saturated rings. The maximum atomic E-state index is 14.1. The van der Waals surface area contributed by atoms with E-state index in [0.29, 0.717) is 5.39 Å². The van der Waals surface area contributed by atoms with Crippen molar-refractivity contribution < 1.29 is 18.0 Å². The number of nitrogens with one attached hydrogen (secondary N) is 1. The molecule has 2 aromatic carbocycles. The van der Waals surface area contributed by atoms with Gasteiger partial charge in [-0.05, 0) is 42.2 Å². The van der Waals surface area contributed by atoms with Crippen molar-refractivity contribution in [2.45, 2.75) is 57.8 Å². The van der Waals surface area contributed by atoms with Crippen LogP contribution in [0.3, 0.4) is 0 Å². The van der Waals surface area contributed by atoms with Gasteiger partial charge in [0.1, 0.15) is 0 Å². The van der Waals surface area contributed by atoms with E-state index in [2.05, 4.69) is 5.43 Å². The lowest BCUT2D eigenvalue weighted by Gasteiger charge is -2.38. The SMILES string of the molecule is CCCc1cccc2c(C(N3NC(=O)CC3(C)C)C(F)(F)F)cccc12. The third kappa shape index (κ3) is 3.30. The second-order valence-electron chi connectivity index (χ2n) is 7.45. The molecule has 1 aliphatic rings. The van der Waals surface area contributed by atoms with Gasteiger partial charge in [-0.2, -0.15) is 18.2 Å². The molecule has 3 nitrogen and oxygen atoms in total. The number of carbonyl (C=O) groups excluding carboxylic acids is 1. The number of fused-ring (bicyclic) bond motifs is 1. The fraction of sp³-hybridized carbons (Fsp3) is 0.450. The summed E-state index contributed by atoms with van der Waals surface area (Å²) in [4.78, 5) is 11.8. The lowest BCUT2D eigenvalue weighted by atomic mass is 9.91. The molecule has 0 saturated carbocycles. The largest absolute Gasteiger partial charge is 0.409 e. The van der Waals surface area contributed by atoms with Crippen LogP contribution in [0, 0.1) is 0 Å². The molecule has 1 N–H and O–H groups in total. The van der Waals surface area contributed by atoms with Gasteiger partial charge in [-0.15, -0.1) is 0 Å². The predicted molar refractivity (Wildman–Crippen MR) is 95.4 cm³/mol. The second kappa shape index (κ2) is 6.58. The van der Waals surface area contributed by atoms with Gasteiger partial charge in [-0.1, -0.05) is 49.7 Å². The van der Waals surface area contributed by atoms with Crippen molar-refractivity contribution in [3.8, 4) is 0 Å². The molecule has 1 unspecified atom stereocenters. The Morgan fingerprint density at radius 3 is 2.38 bits per heavy atom. The number of hydrazine groups is 1. The van der Waals surface area contributed by atoms with Crippen LogP contribution in [0.2, 0.25) is 0 Å². The molecule has 1 saturated heterocycles. The highest BCUT2D eigenvalue weighted by Crippen LogP contribution is 2.44. The Morgan fingerprint density at radius 2 is 1.81 bits per heavy atom. The Kier molecular flexibility index (Phi) is 4.73. The number of aryl methyl sites for hydroxylation is 1. The van der Waals surface area contributed by atoms with Crippen molar-refractivity contribution in [3.63, 3.8) is 0 Å². The monoisotopic (exact) mass is 364 g/mol. The number of carbonyl (C=O) groups is 1. The van der Waals surface area contributed by atoms with Crippen LogP contribution in [-0.4, -0.2) is 22.6 Å². The molecule has 1 heterocycles. The van der Waals surface area contributed by atoms with E-state index in [1.807, 2.05) is 19.1 Å². The highest BCUT2D eigenvalue weighted by Gasteiger charge is 2.53. The van der Waals surface area contributed by atoms with Crippen molar-refractivity contribution in [1.29, 1.82) is 0 Å². The molecule has 0 bridgehead atoms. The first-order chi connectivity index (χ1) is 12.1. The number of hydrogen-bond acceptors (Lipinski definition) is 2. The fourth-order valence-corrected chi connectivity index (χ4v) is 3.80. The number of alkyl halides is 3. The van der Waals surface area contributed by atoms with Crippen LogP contribution in [0.15, 0.2) is 36.4 Å². The lowest BCUT2D eigenvalue weighted by molar-refractivity contribution is -0.203. The molecule has 3 rings (SSSR count). The molecule has 1 aliphatic heterocycles. The summed E-state index contributed by atoms with van der Waals surface area (Å²) in [7, 11) is 0. The van der Waals surface area contributed by atoms with Crippen molar-refractivity contribution in [3.05, 3.63) is 47.5 Å². The van der Waals surface area contributed by atoms with Crippen LogP contribution in [-0.2, 0) is 11.2 Å². The quantitative estimate of drug-likeness (QED) is 0.836. The third-order valence-electron chi connectivity index (χ3n) is 4.92. The summed E-state index contributed by atoms with van der Waals surface area (Å²) in [6.45, 7) is 5.35. The minimum absolute atomic E-state index is 0.0332. The summed E-state index contributed by atoms with van der Waals surface area (Å²) in [6, 6.07) is 8.64. The third-order valence-corrected chi connectivity index (χ3v) is 4.92. The van der Waals surface area contributed by atoms with Gasteiger partial charge in [0.2, 0.25) is 5.91 Å². The minimum atomic E-state index is -4.52. The van der Waals surface area contributed by atoms with E-state index in [1.54, 1.807) is 32.0 Å². The molecule has 140 valence electrons. The standard InChI is InChI=1S/C20H23F3N2O/c1-4-7-13-8-5-10-15-14(13)9-6-11-16(15)18(20(21,22)23)25-19(2,3)12-17(26)24-25/h5-6,8-11,18H,4,7,12H2,1-3H3,(H,24,26). The second-order valence-corrected chi connectivity index (χ2v) is 7.45. The van der Waals surface area contributed by atoms with E-state index >= 15 is 0 Å². The molecular weight excluding hydrogens is 341 g/mol. The van der Waals surface area contributed by atoms with E-state index in [1.165, 1.54) is 6.07 Å². The Hall–Kier alpha value is -2.08. The van der Waals surface area contributed by atoms with Gasteiger partial charge < -0.3 is 0 Å². The van der Waals surface area contributed by atoms with E-state index < -0.39 is 23.7 Å². The summed E-state index contributed by atoms with van der Waals surface area (Å²) in [6.07, 6.45) is -2.76. The van der Waals surface area contributed by atoms with Gasteiger partial charge in [0.15, 0.2) is 6.04 Å². The topological polar surface area (TPSA) is 32.3 Å². The van der Waals surface area contributed by atoms with Gasteiger partial charge in [0.25, 0.3) is 0 Å². The summed E-state index contributed by atoms with van der Waals surface area (Å²) in [5.41, 5.74) is 2.71. The number of rotatable bonds is 4. The summed E-state index contributed by atoms with van der Waals surface area (Å²) >= 11 is 0. The highest BCUT2D eigenvalue weighted by molar-refractivity contribution is 5.89. The van der Waals surface area contributed by atoms with Crippen molar-refractivity contribution >= 4 is 16.7 Å². The van der Waals surface area contributed by atoms with Gasteiger partial charge in [0.05, 0.1) is 0 Å². The average Bonchev–Trinajstić information content (AvgIpc) is 2.79. The zero-order valence-electron chi connectivity index (χ0n) is 15.2. The number of nitrogens with zero attached hydrogens (tertiary/aromatic N) is 1. The number of benzene rings is 2. The van der Waals surface area contributed by atoms with Crippen LogP contribution in [0.25, 0.3) is 10.8 Å². The minimum Gasteiger partial charge on any atom is -0.287 e. The summed E-state index contributed by atoms with van der Waals surface area (Å²) < 4.78 is 42.3. The molecule has 26 heavy (non-hydrogen) atoms. The van der Waals surface area contributed by atoms with Crippen LogP contribution in [0.5, 0.6) is 0 Å². The van der Waals surface area contributed by atoms with Crippen molar-refractivity contribution in [2.75, 3.05) is 0 Å². The average molecular weight is 364 g/mol. The first-order valence-corrected chi connectivity index (χ1v) is 8.81. The van der Waals surface area contributed by atoms with Crippen molar-refractivity contribution in [1.82, 2.24) is 10.4 Å². The molecular formula is C20H23F3N2O. The Morgan fingerprint density at radius 1 is 1.15 bits per heavy atom. The molecule has 6 heteroatoms. The molecule has 1 amide bonds. The molecule has 2 aromatic rings. The molecule has 0 aliphatic carbocycles. The number of halogens is 3. The summed E-state index contributed by atoms with van der Waals surface area (Å²) in [5, 5.41) is 2.48. The normalized spacial score (nSPS) is 18.9. The Labute approximate surface area is 151 Å². The molecule has 1 atom stereocenters. The first-order valence-electron chi connectivity index (χ1n) is 8.81. The van der Waals surface area contributed by atoms with E-state index in [4.69, 9.17) is 0 Å². The number of amides is 1. The van der Waals surface area contributed by atoms with Crippen molar-refractivity contribution in [2.24, 2.45) is 0 Å². The van der Waals surface area contributed by atoms with Crippen LogP contribution in [0.4, 0.5) is 13.2 Å².